The normalized spacial score (nSPS) is 12.5. The Morgan fingerprint density at radius 1 is 1.00 bits per heavy atom. The Bertz CT molecular complexity index is 1460. The highest BCUT2D eigenvalue weighted by Crippen LogP contribution is 2.25. The standard InChI is InChI=1S/C30H35ClFN3O4S/c1-21-11-9-10-14-23(21)19-34(27(29(37)33-30(2,3)4)17-22-12-7-6-8-13-22)28(36)20-35(40(5,38)39)24-15-16-26(32)25(31)18-24/h6-16,18,27H,17,19-20H2,1-5H3,(H,33,37)/t27-/m1/s1. The van der Waals surface area contributed by atoms with E-state index < -0.39 is 39.9 Å². The van der Waals surface area contributed by atoms with Gasteiger partial charge in [0.05, 0.1) is 17.0 Å². The number of amides is 2. The molecule has 0 aliphatic carbocycles. The Balaban J connectivity index is 2.10. The molecule has 0 aliphatic heterocycles. The first-order valence-corrected chi connectivity index (χ1v) is 15.0. The minimum atomic E-state index is -3.99. The highest BCUT2D eigenvalue weighted by atomic mass is 35.5. The topological polar surface area (TPSA) is 86.8 Å². The van der Waals surface area contributed by atoms with Crippen LogP contribution in [-0.2, 0) is 32.6 Å². The fraction of sp³-hybridized carbons (Fsp3) is 0.333. The van der Waals surface area contributed by atoms with Crippen molar-refractivity contribution in [1.29, 1.82) is 0 Å². The lowest BCUT2D eigenvalue weighted by molar-refractivity contribution is -0.140. The molecule has 0 bridgehead atoms. The first-order chi connectivity index (χ1) is 18.7. The minimum absolute atomic E-state index is 0.0387. The number of rotatable bonds is 10. The van der Waals surface area contributed by atoms with Crippen molar-refractivity contribution >= 4 is 39.1 Å². The number of nitrogens with zero attached hydrogens (tertiary/aromatic N) is 2. The third-order valence-electron chi connectivity index (χ3n) is 6.24. The predicted molar refractivity (Wildman–Crippen MR) is 157 cm³/mol. The number of nitrogens with one attached hydrogen (secondary N) is 1. The van der Waals surface area contributed by atoms with E-state index in [1.54, 1.807) is 0 Å². The van der Waals surface area contributed by atoms with E-state index in [0.717, 1.165) is 39.4 Å². The summed E-state index contributed by atoms with van der Waals surface area (Å²) >= 11 is 5.93. The molecule has 2 amide bonds. The second-order valence-corrected chi connectivity index (χ2v) is 13.1. The monoisotopic (exact) mass is 587 g/mol. The number of hydrogen-bond acceptors (Lipinski definition) is 4. The number of anilines is 1. The van der Waals surface area contributed by atoms with Crippen molar-refractivity contribution in [2.45, 2.75) is 52.2 Å². The number of carbonyl (C=O) groups is 2. The highest BCUT2D eigenvalue weighted by molar-refractivity contribution is 7.92. The summed E-state index contributed by atoms with van der Waals surface area (Å²) in [6.07, 6.45) is 1.17. The van der Waals surface area contributed by atoms with Crippen LogP contribution in [0.5, 0.6) is 0 Å². The molecule has 0 fully saturated rings. The Morgan fingerprint density at radius 2 is 1.62 bits per heavy atom. The predicted octanol–water partition coefficient (Wildman–Crippen LogP) is 5.11. The van der Waals surface area contributed by atoms with Crippen LogP contribution in [0.3, 0.4) is 0 Å². The first kappa shape index (κ1) is 31.1. The smallest absolute Gasteiger partial charge is 0.244 e. The molecule has 7 nitrogen and oxygen atoms in total. The van der Waals surface area contributed by atoms with Gasteiger partial charge in [-0.3, -0.25) is 13.9 Å². The number of sulfonamides is 1. The van der Waals surface area contributed by atoms with Gasteiger partial charge in [0.25, 0.3) is 0 Å². The van der Waals surface area contributed by atoms with E-state index in [1.807, 2.05) is 82.3 Å². The molecule has 0 heterocycles. The molecule has 0 saturated carbocycles. The zero-order chi connectivity index (χ0) is 29.7. The van der Waals surface area contributed by atoms with E-state index in [0.29, 0.717) is 0 Å². The summed E-state index contributed by atoms with van der Waals surface area (Å²) in [5.41, 5.74) is 2.03. The lowest BCUT2D eigenvalue weighted by atomic mass is 10.00. The van der Waals surface area contributed by atoms with Crippen LogP contribution in [0, 0.1) is 12.7 Å². The van der Waals surface area contributed by atoms with E-state index in [-0.39, 0.29) is 29.6 Å². The highest BCUT2D eigenvalue weighted by Gasteiger charge is 2.34. The zero-order valence-corrected chi connectivity index (χ0v) is 24.9. The lowest BCUT2D eigenvalue weighted by Gasteiger charge is -2.35. The lowest BCUT2D eigenvalue weighted by Crippen LogP contribution is -2.56. The van der Waals surface area contributed by atoms with Gasteiger partial charge in [0.1, 0.15) is 18.4 Å². The summed E-state index contributed by atoms with van der Waals surface area (Å²) in [5.74, 6) is -1.68. The van der Waals surface area contributed by atoms with Crippen LogP contribution in [0.25, 0.3) is 0 Å². The molecule has 3 rings (SSSR count). The van der Waals surface area contributed by atoms with E-state index in [2.05, 4.69) is 5.32 Å². The molecule has 0 aromatic heterocycles. The summed E-state index contributed by atoms with van der Waals surface area (Å²) < 4.78 is 40.4. The van der Waals surface area contributed by atoms with Gasteiger partial charge in [-0.1, -0.05) is 66.2 Å². The van der Waals surface area contributed by atoms with E-state index in [1.165, 1.54) is 11.0 Å². The third kappa shape index (κ3) is 8.53. The van der Waals surface area contributed by atoms with E-state index in [9.17, 15) is 22.4 Å². The van der Waals surface area contributed by atoms with Crippen LogP contribution in [-0.4, -0.2) is 49.5 Å². The molecule has 1 atom stereocenters. The van der Waals surface area contributed by atoms with Crippen LogP contribution >= 0.6 is 11.6 Å². The maximum atomic E-state index is 14.1. The van der Waals surface area contributed by atoms with Gasteiger partial charge >= 0.3 is 0 Å². The number of carbonyl (C=O) groups excluding carboxylic acids is 2. The van der Waals surface area contributed by atoms with Gasteiger partial charge in [0.15, 0.2) is 0 Å². The van der Waals surface area contributed by atoms with Gasteiger partial charge in [-0.15, -0.1) is 0 Å². The number of benzene rings is 3. The van der Waals surface area contributed by atoms with Crippen molar-refractivity contribution in [2.75, 3.05) is 17.1 Å². The van der Waals surface area contributed by atoms with E-state index >= 15 is 0 Å². The largest absolute Gasteiger partial charge is 0.350 e. The average Bonchev–Trinajstić information content (AvgIpc) is 2.86. The molecule has 1 N–H and O–H groups in total. The van der Waals surface area contributed by atoms with Crippen molar-refractivity contribution in [3.05, 3.63) is 100 Å². The van der Waals surface area contributed by atoms with E-state index in [4.69, 9.17) is 11.6 Å². The van der Waals surface area contributed by atoms with Crippen molar-refractivity contribution in [3.63, 3.8) is 0 Å². The Kier molecular flexibility index (Phi) is 9.97. The Hall–Kier alpha value is -3.43. The van der Waals surface area contributed by atoms with Gasteiger partial charge < -0.3 is 10.2 Å². The van der Waals surface area contributed by atoms with Crippen LogP contribution in [0.15, 0.2) is 72.8 Å². The van der Waals surface area contributed by atoms with Crippen molar-refractivity contribution in [2.24, 2.45) is 0 Å². The zero-order valence-electron chi connectivity index (χ0n) is 23.3. The minimum Gasteiger partial charge on any atom is -0.350 e. The summed E-state index contributed by atoms with van der Waals surface area (Å²) in [7, 11) is -3.99. The van der Waals surface area contributed by atoms with Crippen molar-refractivity contribution < 1.29 is 22.4 Å². The Labute approximate surface area is 241 Å². The second-order valence-electron chi connectivity index (χ2n) is 10.8. The summed E-state index contributed by atoms with van der Waals surface area (Å²) in [5, 5.41) is 2.70. The maximum Gasteiger partial charge on any atom is 0.244 e. The molecular weight excluding hydrogens is 553 g/mol. The third-order valence-corrected chi connectivity index (χ3v) is 7.67. The van der Waals surface area contributed by atoms with Gasteiger partial charge in [-0.05, 0) is 62.6 Å². The van der Waals surface area contributed by atoms with Gasteiger partial charge in [0, 0.05) is 18.5 Å². The maximum absolute atomic E-state index is 14.1. The SMILES string of the molecule is Cc1ccccc1CN(C(=O)CN(c1ccc(F)c(Cl)c1)S(C)(=O)=O)[C@H](Cc1ccccc1)C(=O)NC(C)(C)C. The molecule has 0 spiro atoms. The molecule has 3 aromatic rings. The molecule has 0 unspecified atom stereocenters. The van der Waals surface area contributed by atoms with Crippen molar-refractivity contribution in [3.8, 4) is 0 Å². The summed E-state index contributed by atoms with van der Waals surface area (Å²) in [4.78, 5) is 29.2. The fourth-order valence-electron chi connectivity index (χ4n) is 4.23. The molecule has 214 valence electrons. The van der Waals surface area contributed by atoms with Crippen LogP contribution in [0.2, 0.25) is 5.02 Å². The number of hydrogen-bond donors (Lipinski definition) is 1. The summed E-state index contributed by atoms with van der Waals surface area (Å²) in [6, 6.07) is 19.3. The second kappa shape index (κ2) is 12.8. The molecular formula is C30H35ClFN3O4S. The molecule has 10 heteroatoms. The summed E-state index contributed by atoms with van der Waals surface area (Å²) in [6.45, 7) is 6.91. The number of halogens is 2. The molecule has 0 radical (unpaired) electrons. The molecule has 0 saturated heterocycles. The van der Waals surface area contributed by atoms with Crippen LogP contribution in [0.4, 0.5) is 10.1 Å². The average molecular weight is 588 g/mol. The van der Waals surface area contributed by atoms with Crippen LogP contribution < -0.4 is 9.62 Å². The quantitative estimate of drug-likeness (QED) is 0.357. The van der Waals surface area contributed by atoms with Gasteiger partial charge in [-0.25, -0.2) is 12.8 Å². The number of aryl methyl sites for hydroxylation is 1. The van der Waals surface area contributed by atoms with Gasteiger partial charge in [0.2, 0.25) is 21.8 Å². The van der Waals surface area contributed by atoms with Gasteiger partial charge in [-0.2, -0.15) is 0 Å². The molecule has 3 aromatic carbocycles. The molecule has 40 heavy (non-hydrogen) atoms. The fourth-order valence-corrected chi connectivity index (χ4v) is 5.25. The Morgan fingerprint density at radius 3 is 2.20 bits per heavy atom. The molecule has 0 aliphatic rings. The van der Waals surface area contributed by atoms with Crippen molar-refractivity contribution in [1.82, 2.24) is 10.2 Å². The first-order valence-electron chi connectivity index (χ1n) is 12.8. The van der Waals surface area contributed by atoms with Crippen LogP contribution in [0.1, 0.15) is 37.5 Å².